The Morgan fingerprint density at radius 2 is 1.20 bits per heavy atom. The molecule has 0 aromatic heterocycles. The second kappa shape index (κ2) is 2.10. The van der Waals surface area contributed by atoms with Gasteiger partial charge in [0.2, 0.25) is 0 Å². The normalized spacial score (nSPS) is 15.2. The molecule has 0 N–H and O–H groups in total. The summed E-state index contributed by atoms with van der Waals surface area (Å²) in [5.74, 6) is 0. The van der Waals surface area contributed by atoms with Crippen LogP contribution in [0.25, 0.3) is 0 Å². The van der Waals surface area contributed by atoms with Gasteiger partial charge in [-0.3, -0.25) is 0 Å². The van der Waals surface area contributed by atoms with E-state index in [1.54, 1.807) is 0 Å². The first-order chi connectivity index (χ1) is 2.00. The van der Waals surface area contributed by atoms with Crippen molar-refractivity contribution in [2.75, 3.05) is 0 Å². The summed E-state index contributed by atoms with van der Waals surface area (Å²) in [6, 6.07) is 0. The number of hydrogen-bond donors (Lipinski definition) is 0. The number of rotatable bonds is 0. The minimum absolute atomic E-state index is 1.11. The molecule has 0 heterocycles. The van der Waals surface area contributed by atoms with Crippen molar-refractivity contribution in [3.63, 3.8) is 0 Å². The Hall–Kier alpha value is 1.67. The molecule has 0 aliphatic carbocycles. The minimum Gasteiger partial charge on any atom is -0.137 e. The zero-order valence-corrected chi connectivity index (χ0v) is 7.05. The lowest BCUT2D eigenvalue weighted by Crippen LogP contribution is -1.36. The quantitative estimate of drug-likeness (QED) is 0.600. The highest BCUT2D eigenvalue weighted by Gasteiger charge is 2.07. The first-order valence-electron chi connectivity index (χ1n) is 0.617. The van der Waals surface area contributed by atoms with E-state index in [-0.39, 0.29) is 0 Å². The Balaban J connectivity index is 3.02. The summed E-state index contributed by atoms with van der Waals surface area (Å²) in [7, 11) is 0. The molecular weight excluding hydrogens is 324 g/mol. The van der Waals surface area contributed by atoms with E-state index in [4.69, 9.17) is 0 Å². The largest absolute Gasteiger partial charge is 0.164 e. The standard InChI is InChI=1S/F2I2S/c1-5(2,3)4. The Kier molecular flexibility index (Phi) is 2.80. The highest BCUT2D eigenvalue weighted by molar-refractivity contribution is 14.3. The molecule has 0 nitrogen and oxygen atoms in total. The Bertz CT molecular complexity index is 23.1. The maximum atomic E-state index is 11.1. The molecule has 0 unspecified atom stereocenters. The fourth-order valence-corrected chi connectivity index (χ4v) is 0. The molecule has 0 aromatic rings. The Morgan fingerprint density at radius 3 is 1.20 bits per heavy atom. The van der Waals surface area contributed by atoms with Crippen molar-refractivity contribution < 1.29 is 7.77 Å². The molecule has 0 aliphatic rings. The molecule has 5 heteroatoms. The summed E-state index contributed by atoms with van der Waals surface area (Å²) < 4.78 is 22.2. The summed E-state index contributed by atoms with van der Waals surface area (Å²) in [5.41, 5.74) is 0. The molecule has 0 amide bonds. The van der Waals surface area contributed by atoms with Crippen LogP contribution in [-0.2, 0) is 0 Å². The maximum absolute atomic E-state index is 11.1. The van der Waals surface area contributed by atoms with Crippen LogP contribution in [0.15, 0.2) is 0 Å². The molecule has 0 radical (unpaired) electrons. The summed E-state index contributed by atoms with van der Waals surface area (Å²) in [5, 5.41) is -3.23. The van der Waals surface area contributed by atoms with Crippen LogP contribution in [0.1, 0.15) is 0 Å². The third-order valence-corrected chi connectivity index (χ3v) is 0. The van der Waals surface area contributed by atoms with Crippen LogP contribution in [0.4, 0.5) is 7.77 Å². The Morgan fingerprint density at radius 1 is 1.20 bits per heavy atom. The molecule has 0 saturated heterocycles. The van der Waals surface area contributed by atoms with Gasteiger partial charge in [-0.1, -0.05) is 0 Å². The SMILES string of the molecule is FS(F)(I)I. The van der Waals surface area contributed by atoms with Crippen molar-refractivity contribution in [1.29, 1.82) is 0 Å². The van der Waals surface area contributed by atoms with E-state index in [2.05, 4.69) is 0 Å². The molecule has 0 bridgehead atoms. The van der Waals surface area contributed by atoms with E-state index in [1.165, 1.54) is 0 Å². The van der Waals surface area contributed by atoms with E-state index in [0.717, 1.165) is 42.4 Å². The van der Waals surface area contributed by atoms with Crippen LogP contribution in [0.2, 0.25) is 0 Å². The van der Waals surface area contributed by atoms with Gasteiger partial charge in [0.1, 0.15) is 0 Å². The van der Waals surface area contributed by atoms with Crippen LogP contribution in [-0.4, -0.2) is 0 Å². The lowest BCUT2D eigenvalue weighted by Gasteiger charge is -1.94. The van der Waals surface area contributed by atoms with Crippen molar-refractivity contribution >= 4 is 47.6 Å². The molecule has 0 aliphatic heterocycles. The second-order valence-electron chi connectivity index (χ2n) is 0.350. The fraction of sp³-hybridized carbons (Fsp3) is 0. The van der Waals surface area contributed by atoms with E-state index in [0.29, 0.717) is 0 Å². The van der Waals surface area contributed by atoms with Crippen LogP contribution >= 0.6 is 47.6 Å². The average molecular weight is 324 g/mol. The van der Waals surface area contributed by atoms with E-state index in [1.807, 2.05) is 0 Å². The molecule has 5 heavy (non-hydrogen) atoms. The smallest absolute Gasteiger partial charge is 0.137 e. The van der Waals surface area contributed by atoms with Crippen molar-refractivity contribution in [1.82, 2.24) is 0 Å². The zero-order chi connectivity index (χ0) is 4.50. The zero-order valence-electron chi connectivity index (χ0n) is 1.92. The Labute approximate surface area is 54.8 Å². The lowest BCUT2D eigenvalue weighted by atomic mass is 18.8. The van der Waals surface area contributed by atoms with E-state index >= 15 is 0 Å². The summed E-state index contributed by atoms with van der Waals surface area (Å²) in [6.07, 6.45) is 0. The predicted molar refractivity (Wildman–Crippen MR) is 37.8 cm³/mol. The van der Waals surface area contributed by atoms with Crippen LogP contribution in [0.5, 0.6) is 0 Å². The van der Waals surface area contributed by atoms with Crippen LogP contribution < -0.4 is 0 Å². The average Bonchev–Trinajstić information content (AvgIpc) is 0.722. The lowest BCUT2D eigenvalue weighted by molar-refractivity contribution is 0.808. The molecule has 0 saturated carbocycles. The topological polar surface area (TPSA) is 0 Å². The third-order valence-electron chi connectivity index (χ3n) is 0. The van der Waals surface area contributed by atoms with Gasteiger partial charge < -0.3 is 0 Å². The highest BCUT2D eigenvalue weighted by atomic mass is 127. The van der Waals surface area contributed by atoms with Crippen LogP contribution in [0, 0.1) is 0 Å². The van der Waals surface area contributed by atoms with Gasteiger partial charge in [0, 0.05) is 0 Å². The predicted octanol–water partition coefficient (Wildman–Crippen LogP) is 3.26. The molecule has 0 aromatic carbocycles. The molecule has 0 rings (SSSR count). The summed E-state index contributed by atoms with van der Waals surface area (Å²) in [6.45, 7) is 0. The van der Waals surface area contributed by atoms with Gasteiger partial charge in [0.05, 0.1) is 42.4 Å². The van der Waals surface area contributed by atoms with Gasteiger partial charge in [-0.25, -0.2) is 0 Å². The van der Waals surface area contributed by atoms with Gasteiger partial charge in [-0.15, -0.1) is 7.77 Å². The first kappa shape index (κ1) is 6.67. The van der Waals surface area contributed by atoms with Crippen molar-refractivity contribution in [2.45, 2.75) is 0 Å². The molecule has 0 atom stereocenters. The number of hydrogen-bond acceptors (Lipinski definition) is 0. The van der Waals surface area contributed by atoms with Gasteiger partial charge in [0.25, 0.3) is 0 Å². The van der Waals surface area contributed by atoms with Crippen molar-refractivity contribution in [3.05, 3.63) is 0 Å². The van der Waals surface area contributed by atoms with Gasteiger partial charge in [-0.2, -0.15) is 0 Å². The summed E-state index contributed by atoms with van der Waals surface area (Å²) >= 11 is 2.23. The third kappa shape index (κ3) is 27.4. The van der Waals surface area contributed by atoms with Crippen molar-refractivity contribution in [2.24, 2.45) is 0 Å². The maximum Gasteiger partial charge on any atom is 0.164 e. The first-order valence-corrected chi connectivity index (χ1v) is 7.14. The van der Waals surface area contributed by atoms with E-state index in [9.17, 15) is 7.77 Å². The monoisotopic (exact) mass is 324 g/mol. The van der Waals surface area contributed by atoms with Gasteiger partial charge in [-0.05, 0) is 0 Å². The van der Waals surface area contributed by atoms with Crippen molar-refractivity contribution in [3.8, 4) is 0 Å². The highest BCUT2D eigenvalue weighted by Crippen LogP contribution is 2.67. The molecular formula is F2I2S. The minimum atomic E-state index is -3.23. The van der Waals surface area contributed by atoms with Crippen LogP contribution in [0.3, 0.4) is 0 Å². The number of halogens is 4. The van der Waals surface area contributed by atoms with E-state index < -0.39 is 5.14 Å². The summed E-state index contributed by atoms with van der Waals surface area (Å²) in [4.78, 5) is 0. The molecule has 0 fully saturated rings. The van der Waals surface area contributed by atoms with Gasteiger partial charge in [0.15, 0.2) is 5.14 Å². The fourth-order valence-electron chi connectivity index (χ4n) is 0. The second-order valence-corrected chi connectivity index (χ2v) is 12.7. The molecule has 34 valence electrons. The van der Waals surface area contributed by atoms with Gasteiger partial charge >= 0.3 is 0 Å². The molecule has 0 spiro atoms.